The fourth-order valence-corrected chi connectivity index (χ4v) is 0.758. The van der Waals surface area contributed by atoms with Crippen LogP contribution >= 0.6 is 0 Å². The SMILES string of the molecule is CC(C)(C)C(=O)N[n+]1ccccc1. The molecule has 1 aromatic heterocycles. The molecule has 1 rings (SSSR count). The first-order chi connectivity index (χ1) is 6.00. The van der Waals surface area contributed by atoms with Crippen molar-refractivity contribution in [3.8, 4) is 0 Å². The van der Waals surface area contributed by atoms with Crippen molar-refractivity contribution in [2.75, 3.05) is 5.43 Å². The van der Waals surface area contributed by atoms with Gasteiger partial charge in [-0.15, -0.1) is 5.43 Å². The summed E-state index contributed by atoms with van der Waals surface area (Å²) >= 11 is 0. The first kappa shape index (κ1) is 9.71. The van der Waals surface area contributed by atoms with Crippen LogP contribution in [0, 0.1) is 5.41 Å². The van der Waals surface area contributed by atoms with Gasteiger partial charge in [-0.2, -0.15) is 0 Å². The Morgan fingerprint density at radius 3 is 2.15 bits per heavy atom. The van der Waals surface area contributed by atoms with E-state index in [1.807, 2.05) is 39.0 Å². The van der Waals surface area contributed by atoms with E-state index in [9.17, 15) is 4.79 Å². The standard InChI is InChI=1S/C10H14N2O/c1-10(2,3)9(13)11-12-7-5-4-6-8-12/h4-8H,1-3H3/p+1. The van der Waals surface area contributed by atoms with E-state index in [2.05, 4.69) is 5.43 Å². The molecule has 70 valence electrons. The maximum atomic E-state index is 11.5. The van der Waals surface area contributed by atoms with Crippen LogP contribution in [-0.2, 0) is 4.79 Å². The van der Waals surface area contributed by atoms with Gasteiger partial charge < -0.3 is 0 Å². The van der Waals surface area contributed by atoms with Crippen LogP contribution in [0.5, 0.6) is 0 Å². The zero-order valence-corrected chi connectivity index (χ0v) is 8.24. The third-order valence-corrected chi connectivity index (χ3v) is 1.63. The lowest BCUT2D eigenvalue weighted by molar-refractivity contribution is -0.642. The molecule has 0 spiro atoms. The molecule has 3 heteroatoms. The van der Waals surface area contributed by atoms with Gasteiger partial charge in [0, 0.05) is 17.5 Å². The van der Waals surface area contributed by atoms with Crippen LogP contribution in [0.25, 0.3) is 0 Å². The van der Waals surface area contributed by atoms with E-state index in [0.29, 0.717) is 0 Å². The largest absolute Gasteiger partial charge is 0.280 e. The predicted molar refractivity (Wildman–Crippen MR) is 50.5 cm³/mol. The van der Waals surface area contributed by atoms with Gasteiger partial charge in [0.1, 0.15) is 0 Å². The Balaban J connectivity index is 2.66. The van der Waals surface area contributed by atoms with E-state index >= 15 is 0 Å². The molecular formula is C10H15N2O+. The molecule has 0 aliphatic rings. The molecule has 0 atom stereocenters. The molecule has 0 aliphatic heterocycles. The van der Waals surface area contributed by atoms with Crippen LogP contribution in [0.1, 0.15) is 20.8 Å². The molecule has 0 aromatic carbocycles. The van der Waals surface area contributed by atoms with Gasteiger partial charge >= 0.3 is 0 Å². The van der Waals surface area contributed by atoms with Gasteiger partial charge in [0.2, 0.25) is 0 Å². The van der Waals surface area contributed by atoms with Gasteiger partial charge in [0.15, 0.2) is 12.4 Å². The van der Waals surface area contributed by atoms with Crippen LogP contribution in [0.15, 0.2) is 30.6 Å². The first-order valence-corrected chi connectivity index (χ1v) is 4.28. The summed E-state index contributed by atoms with van der Waals surface area (Å²) in [5.74, 6) is 0.00343. The number of carbonyl (C=O) groups is 1. The van der Waals surface area contributed by atoms with E-state index in [0.717, 1.165) is 0 Å². The van der Waals surface area contributed by atoms with Gasteiger partial charge in [0.25, 0.3) is 5.91 Å². The van der Waals surface area contributed by atoms with Crippen LogP contribution in [-0.4, -0.2) is 5.91 Å². The summed E-state index contributed by atoms with van der Waals surface area (Å²) < 4.78 is 1.65. The molecule has 3 nitrogen and oxygen atoms in total. The number of nitrogens with one attached hydrogen (secondary N) is 1. The van der Waals surface area contributed by atoms with Crippen LogP contribution in [0.3, 0.4) is 0 Å². The van der Waals surface area contributed by atoms with Crippen LogP contribution in [0.2, 0.25) is 0 Å². The number of hydrogen-bond acceptors (Lipinski definition) is 1. The second-order valence-corrected chi connectivity index (χ2v) is 3.97. The summed E-state index contributed by atoms with van der Waals surface area (Å²) in [4.78, 5) is 11.5. The number of aromatic nitrogens is 1. The fraction of sp³-hybridized carbons (Fsp3) is 0.400. The Morgan fingerprint density at radius 2 is 1.69 bits per heavy atom. The molecule has 0 bridgehead atoms. The van der Waals surface area contributed by atoms with Gasteiger partial charge in [-0.05, 0) is 0 Å². The van der Waals surface area contributed by atoms with Crippen LogP contribution < -0.4 is 10.1 Å². The first-order valence-electron chi connectivity index (χ1n) is 4.28. The predicted octanol–water partition coefficient (Wildman–Crippen LogP) is 1.09. The number of rotatable bonds is 1. The monoisotopic (exact) mass is 179 g/mol. The second-order valence-electron chi connectivity index (χ2n) is 3.97. The minimum atomic E-state index is -0.358. The minimum absolute atomic E-state index is 0.00343. The van der Waals surface area contributed by atoms with Crippen molar-refractivity contribution in [3.05, 3.63) is 30.6 Å². The van der Waals surface area contributed by atoms with E-state index in [1.54, 1.807) is 17.1 Å². The molecule has 1 aromatic rings. The van der Waals surface area contributed by atoms with Crippen molar-refractivity contribution < 1.29 is 9.47 Å². The van der Waals surface area contributed by atoms with E-state index < -0.39 is 0 Å². The van der Waals surface area contributed by atoms with E-state index in [1.165, 1.54) is 0 Å². The average molecular weight is 179 g/mol. The Bertz CT molecular complexity index is 288. The van der Waals surface area contributed by atoms with Gasteiger partial charge in [0.05, 0.1) is 0 Å². The molecule has 1 N–H and O–H groups in total. The highest BCUT2D eigenvalue weighted by Crippen LogP contribution is 2.11. The van der Waals surface area contributed by atoms with Crippen molar-refractivity contribution in [3.63, 3.8) is 0 Å². The average Bonchev–Trinajstić information content (AvgIpc) is 2.04. The summed E-state index contributed by atoms with van der Waals surface area (Å²) in [5.41, 5.74) is 2.40. The summed E-state index contributed by atoms with van der Waals surface area (Å²) in [7, 11) is 0. The Labute approximate surface area is 78.4 Å². The molecule has 1 amide bonds. The molecule has 0 fully saturated rings. The Kier molecular flexibility index (Phi) is 2.66. The molecule has 1 heterocycles. The van der Waals surface area contributed by atoms with Gasteiger partial charge in [-0.3, -0.25) is 4.79 Å². The third kappa shape index (κ3) is 2.86. The van der Waals surface area contributed by atoms with Crippen molar-refractivity contribution in [2.45, 2.75) is 20.8 Å². The lowest BCUT2D eigenvalue weighted by Gasteiger charge is -2.13. The maximum Gasteiger partial charge on any atom is 0.280 e. The van der Waals surface area contributed by atoms with Gasteiger partial charge in [-0.25, -0.2) is 0 Å². The summed E-state index contributed by atoms with van der Waals surface area (Å²) in [6.45, 7) is 5.64. The topological polar surface area (TPSA) is 33.0 Å². The zero-order chi connectivity index (χ0) is 9.90. The highest BCUT2D eigenvalue weighted by molar-refractivity contribution is 5.86. The van der Waals surface area contributed by atoms with Crippen molar-refractivity contribution in [1.29, 1.82) is 0 Å². The Morgan fingerprint density at radius 1 is 1.15 bits per heavy atom. The fourth-order valence-electron chi connectivity index (χ4n) is 0.758. The molecule has 0 aliphatic carbocycles. The quantitative estimate of drug-likeness (QED) is 0.643. The summed E-state index contributed by atoms with van der Waals surface area (Å²) in [6, 6.07) is 5.63. The number of pyridine rings is 1. The molecular weight excluding hydrogens is 164 g/mol. The van der Waals surface area contributed by atoms with Gasteiger partial charge in [-0.1, -0.05) is 31.5 Å². The van der Waals surface area contributed by atoms with E-state index in [-0.39, 0.29) is 11.3 Å². The molecule has 0 saturated heterocycles. The second kappa shape index (κ2) is 3.56. The van der Waals surface area contributed by atoms with Crippen LogP contribution in [0.4, 0.5) is 0 Å². The number of hydrogen-bond donors (Lipinski definition) is 1. The minimum Gasteiger partial charge on any atom is -0.269 e. The zero-order valence-electron chi connectivity index (χ0n) is 8.24. The van der Waals surface area contributed by atoms with Crippen molar-refractivity contribution >= 4 is 5.91 Å². The number of carbonyl (C=O) groups excluding carboxylic acids is 1. The summed E-state index contributed by atoms with van der Waals surface area (Å²) in [6.07, 6.45) is 3.59. The van der Waals surface area contributed by atoms with Crippen molar-refractivity contribution in [1.82, 2.24) is 0 Å². The summed E-state index contributed by atoms with van der Waals surface area (Å²) in [5, 5.41) is 0. The maximum absolute atomic E-state index is 11.5. The Hall–Kier alpha value is -1.38. The lowest BCUT2D eigenvalue weighted by atomic mass is 9.96. The third-order valence-electron chi connectivity index (χ3n) is 1.63. The lowest BCUT2D eigenvalue weighted by Crippen LogP contribution is -2.51. The molecule has 13 heavy (non-hydrogen) atoms. The molecule has 0 radical (unpaired) electrons. The number of nitrogens with zero attached hydrogens (tertiary/aromatic N) is 1. The number of amides is 1. The molecule has 0 saturated carbocycles. The highest BCUT2D eigenvalue weighted by Gasteiger charge is 2.23. The van der Waals surface area contributed by atoms with E-state index in [4.69, 9.17) is 0 Å². The van der Waals surface area contributed by atoms with Crippen molar-refractivity contribution in [2.24, 2.45) is 5.41 Å². The smallest absolute Gasteiger partial charge is 0.269 e. The highest BCUT2D eigenvalue weighted by atomic mass is 16.2. The molecule has 0 unspecified atom stereocenters. The normalized spacial score (nSPS) is 11.0.